The van der Waals surface area contributed by atoms with E-state index in [0.29, 0.717) is 30.9 Å². The summed E-state index contributed by atoms with van der Waals surface area (Å²) < 4.78 is 1.84. The molecule has 0 saturated heterocycles. The summed E-state index contributed by atoms with van der Waals surface area (Å²) in [6, 6.07) is 12.2. The van der Waals surface area contributed by atoms with Gasteiger partial charge in [-0.25, -0.2) is 0 Å². The average Bonchev–Trinajstić information content (AvgIpc) is 3.22. The molecular formula is C21H22N6O. The normalized spacial score (nSPS) is 14.3. The molecule has 2 heterocycles. The standard InChI is InChI=1S/C21H22N6O/c1-24-9-13(8-22)11-27-12-17-16(5-6-18(23)20(17)21(27)28)14-3-4-15-10-25-26(2)19(15)7-14/h3-7,10,13,24H,9,11-12,23H2,1-2H3. The topological polar surface area (TPSA) is 100.0 Å². The quantitative estimate of drug-likeness (QED) is 0.667. The lowest BCUT2D eigenvalue weighted by Crippen LogP contribution is -2.33. The van der Waals surface area contributed by atoms with Gasteiger partial charge in [0.15, 0.2) is 0 Å². The van der Waals surface area contributed by atoms with Crippen LogP contribution in [-0.4, -0.2) is 40.7 Å². The zero-order chi connectivity index (χ0) is 19.8. The van der Waals surface area contributed by atoms with Crippen LogP contribution in [0.5, 0.6) is 0 Å². The largest absolute Gasteiger partial charge is 0.398 e. The summed E-state index contributed by atoms with van der Waals surface area (Å²) in [7, 11) is 3.71. The van der Waals surface area contributed by atoms with Crippen LogP contribution in [0.15, 0.2) is 36.5 Å². The summed E-state index contributed by atoms with van der Waals surface area (Å²) in [6.07, 6.45) is 1.83. The number of benzene rings is 2. The molecular weight excluding hydrogens is 352 g/mol. The third-order valence-corrected chi connectivity index (χ3v) is 5.33. The summed E-state index contributed by atoms with van der Waals surface area (Å²) in [6.45, 7) is 1.38. The molecule has 0 saturated carbocycles. The van der Waals surface area contributed by atoms with Crippen molar-refractivity contribution in [3.63, 3.8) is 0 Å². The van der Waals surface area contributed by atoms with Crippen LogP contribution >= 0.6 is 0 Å². The van der Waals surface area contributed by atoms with Crippen molar-refractivity contribution < 1.29 is 4.79 Å². The minimum atomic E-state index is -0.265. The van der Waals surface area contributed by atoms with Crippen LogP contribution in [0.1, 0.15) is 15.9 Å². The number of carbonyl (C=O) groups excluding carboxylic acids is 1. The zero-order valence-electron chi connectivity index (χ0n) is 15.9. The second kappa shape index (κ2) is 6.98. The first-order valence-electron chi connectivity index (χ1n) is 9.20. The minimum absolute atomic E-state index is 0.104. The third-order valence-electron chi connectivity index (χ3n) is 5.33. The van der Waals surface area contributed by atoms with E-state index in [9.17, 15) is 10.1 Å². The van der Waals surface area contributed by atoms with Crippen LogP contribution < -0.4 is 11.1 Å². The smallest absolute Gasteiger partial charge is 0.256 e. The molecule has 0 aliphatic carbocycles. The summed E-state index contributed by atoms with van der Waals surface area (Å²) >= 11 is 0. The van der Waals surface area contributed by atoms with Gasteiger partial charge in [-0.15, -0.1) is 0 Å². The Labute approximate surface area is 163 Å². The van der Waals surface area contributed by atoms with Crippen LogP contribution in [0.3, 0.4) is 0 Å². The fourth-order valence-electron chi connectivity index (χ4n) is 3.90. The Morgan fingerprint density at radius 2 is 2.18 bits per heavy atom. The Morgan fingerprint density at radius 1 is 1.36 bits per heavy atom. The van der Waals surface area contributed by atoms with Gasteiger partial charge in [-0.3, -0.25) is 9.48 Å². The number of aryl methyl sites for hydroxylation is 1. The molecule has 1 aliphatic heterocycles. The highest BCUT2D eigenvalue weighted by atomic mass is 16.2. The Kier molecular flexibility index (Phi) is 4.49. The monoisotopic (exact) mass is 374 g/mol. The maximum Gasteiger partial charge on any atom is 0.256 e. The van der Waals surface area contributed by atoms with E-state index in [0.717, 1.165) is 27.6 Å². The predicted molar refractivity (Wildman–Crippen MR) is 108 cm³/mol. The molecule has 1 unspecified atom stereocenters. The molecule has 3 N–H and O–H groups in total. The molecule has 7 nitrogen and oxygen atoms in total. The molecule has 28 heavy (non-hydrogen) atoms. The van der Waals surface area contributed by atoms with Gasteiger partial charge < -0.3 is 16.0 Å². The molecule has 0 spiro atoms. The van der Waals surface area contributed by atoms with Crippen LogP contribution in [0, 0.1) is 17.2 Å². The number of nitrogens with one attached hydrogen (secondary N) is 1. The SMILES string of the molecule is CNCC(C#N)CN1Cc2c(-c3ccc4cnn(C)c4c3)ccc(N)c2C1=O. The highest BCUT2D eigenvalue weighted by Gasteiger charge is 2.33. The molecule has 7 heteroatoms. The van der Waals surface area contributed by atoms with Gasteiger partial charge in [0.2, 0.25) is 0 Å². The second-order valence-electron chi connectivity index (χ2n) is 7.17. The number of hydrogen-bond acceptors (Lipinski definition) is 5. The van der Waals surface area contributed by atoms with Gasteiger partial charge >= 0.3 is 0 Å². The van der Waals surface area contributed by atoms with Crippen molar-refractivity contribution in [2.24, 2.45) is 13.0 Å². The lowest BCUT2D eigenvalue weighted by Gasteiger charge is -2.19. The first-order chi connectivity index (χ1) is 13.5. The van der Waals surface area contributed by atoms with Gasteiger partial charge in [0.05, 0.1) is 29.3 Å². The molecule has 0 radical (unpaired) electrons. The van der Waals surface area contributed by atoms with Gasteiger partial charge in [-0.1, -0.05) is 18.2 Å². The van der Waals surface area contributed by atoms with E-state index in [1.807, 2.05) is 36.1 Å². The highest BCUT2D eigenvalue weighted by Crippen LogP contribution is 2.37. The molecule has 4 rings (SSSR count). The van der Waals surface area contributed by atoms with E-state index < -0.39 is 0 Å². The first kappa shape index (κ1) is 18.0. The number of aromatic nitrogens is 2. The van der Waals surface area contributed by atoms with E-state index in [-0.39, 0.29) is 11.8 Å². The van der Waals surface area contributed by atoms with Crippen LogP contribution in [0.4, 0.5) is 5.69 Å². The van der Waals surface area contributed by atoms with E-state index >= 15 is 0 Å². The lowest BCUT2D eigenvalue weighted by molar-refractivity contribution is 0.0764. The highest BCUT2D eigenvalue weighted by molar-refractivity contribution is 6.05. The summed E-state index contributed by atoms with van der Waals surface area (Å²) in [5.74, 6) is -0.369. The summed E-state index contributed by atoms with van der Waals surface area (Å²) in [5.41, 5.74) is 11.2. The molecule has 0 bridgehead atoms. The Hall–Kier alpha value is -3.37. The van der Waals surface area contributed by atoms with E-state index in [2.05, 4.69) is 22.6 Å². The maximum atomic E-state index is 13.0. The minimum Gasteiger partial charge on any atom is -0.398 e. The van der Waals surface area contributed by atoms with Crippen LogP contribution in [0.25, 0.3) is 22.0 Å². The van der Waals surface area contributed by atoms with Crippen molar-refractivity contribution in [3.05, 3.63) is 47.7 Å². The van der Waals surface area contributed by atoms with Crippen molar-refractivity contribution in [2.75, 3.05) is 25.9 Å². The van der Waals surface area contributed by atoms with E-state index in [4.69, 9.17) is 5.73 Å². The van der Waals surface area contributed by atoms with Crippen molar-refractivity contribution in [1.82, 2.24) is 20.0 Å². The van der Waals surface area contributed by atoms with Crippen LogP contribution in [0.2, 0.25) is 0 Å². The molecule has 1 amide bonds. The number of nitrogens with two attached hydrogens (primary N) is 1. The molecule has 3 aromatic rings. The summed E-state index contributed by atoms with van der Waals surface area (Å²) in [4.78, 5) is 14.7. The molecule has 1 aromatic heterocycles. The predicted octanol–water partition coefficient (Wildman–Crippen LogP) is 2.14. The number of anilines is 1. The van der Waals surface area contributed by atoms with Crippen LogP contribution in [-0.2, 0) is 13.6 Å². The number of nitrogen functional groups attached to an aromatic ring is 1. The van der Waals surface area contributed by atoms with E-state index in [1.165, 1.54) is 0 Å². The second-order valence-corrected chi connectivity index (χ2v) is 7.17. The fourth-order valence-corrected chi connectivity index (χ4v) is 3.90. The van der Waals surface area contributed by atoms with Gasteiger partial charge in [0.25, 0.3) is 5.91 Å². The number of fused-ring (bicyclic) bond motifs is 2. The molecule has 0 fully saturated rings. The maximum absolute atomic E-state index is 13.0. The van der Waals surface area contributed by atoms with Gasteiger partial charge in [0, 0.05) is 37.8 Å². The van der Waals surface area contributed by atoms with Crippen molar-refractivity contribution in [2.45, 2.75) is 6.54 Å². The Balaban J connectivity index is 1.75. The third kappa shape index (κ3) is 2.88. The number of nitrogens with zero attached hydrogens (tertiary/aromatic N) is 4. The number of carbonyl (C=O) groups is 1. The lowest BCUT2D eigenvalue weighted by atomic mass is 9.95. The average molecular weight is 374 g/mol. The van der Waals surface area contributed by atoms with Crippen molar-refractivity contribution >= 4 is 22.5 Å². The van der Waals surface area contributed by atoms with Crippen molar-refractivity contribution in [1.29, 1.82) is 5.26 Å². The van der Waals surface area contributed by atoms with Gasteiger partial charge in [-0.05, 0) is 35.9 Å². The van der Waals surface area contributed by atoms with Gasteiger partial charge in [-0.2, -0.15) is 10.4 Å². The first-order valence-corrected chi connectivity index (χ1v) is 9.20. The molecule has 2 aromatic carbocycles. The van der Waals surface area contributed by atoms with E-state index in [1.54, 1.807) is 18.0 Å². The Morgan fingerprint density at radius 3 is 2.93 bits per heavy atom. The van der Waals surface area contributed by atoms with Gasteiger partial charge in [0.1, 0.15) is 0 Å². The molecule has 1 aliphatic rings. The zero-order valence-corrected chi connectivity index (χ0v) is 15.9. The number of hydrogen-bond donors (Lipinski definition) is 2. The number of rotatable bonds is 5. The summed E-state index contributed by atoms with van der Waals surface area (Å²) in [5, 5.41) is 17.7. The Bertz CT molecular complexity index is 1110. The fraction of sp³-hybridized carbons (Fsp3) is 0.286. The number of nitriles is 1. The van der Waals surface area contributed by atoms with Crippen molar-refractivity contribution in [3.8, 4) is 17.2 Å². The number of amides is 1. The molecule has 1 atom stereocenters. The molecule has 142 valence electrons.